The van der Waals surface area contributed by atoms with E-state index in [4.69, 9.17) is 4.74 Å². The molecule has 0 amide bonds. The van der Waals surface area contributed by atoms with E-state index in [0.29, 0.717) is 4.88 Å². The van der Waals surface area contributed by atoms with Crippen LogP contribution < -0.4 is 4.74 Å². The van der Waals surface area contributed by atoms with Crippen molar-refractivity contribution >= 4 is 17.6 Å². The molecule has 1 aromatic heterocycles. The number of rotatable bonds is 8. The Labute approximate surface area is 138 Å². The van der Waals surface area contributed by atoms with E-state index < -0.39 is 0 Å². The molecule has 0 aliphatic heterocycles. The average Bonchev–Trinajstić information content (AvgIpc) is 2.91. The molecule has 0 aromatic carbocycles. The van der Waals surface area contributed by atoms with Gasteiger partial charge in [-0.1, -0.05) is 29.4 Å². The Kier molecular flexibility index (Phi) is 7.89. The minimum Gasteiger partial charge on any atom is -0.485 e. The Morgan fingerprint density at radius 1 is 1.27 bits per heavy atom. The van der Waals surface area contributed by atoms with Crippen LogP contribution in [-0.2, 0) is 0 Å². The Morgan fingerprint density at radius 2 is 2.00 bits per heavy atom. The van der Waals surface area contributed by atoms with Crippen LogP contribution in [0.4, 0.5) is 0 Å². The highest BCUT2D eigenvalue weighted by Crippen LogP contribution is 2.22. The number of thiophene rings is 1. The van der Waals surface area contributed by atoms with Gasteiger partial charge in [-0.3, -0.25) is 4.79 Å². The van der Waals surface area contributed by atoms with Gasteiger partial charge in [-0.25, -0.2) is 0 Å². The molecule has 1 atom stereocenters. The van der Waals surface area contributed by atoms with E-state index >= 15 is 0 Å². The van der Waals surface area contributed by atoms with Crippen molar-refractivity contribution in [3.05, 3.63) is 51.3 Å². The number of carbonyl (C=O) groups excluding carboxylic acids is 1. The predicted molar refractivity (Wildman–Crippen MR) is 96.0 cm³/mol. The van der Waals surface area contributed by atoms with Crippen LogP contribution in [0.15, 0.2) is 46.4 Å². The van der Waals surface area contributed by atoms with Crippen molar-refractivity contribution in [2.45, 2.75) is 53.6 Å². The first-order valence-electron chi connectivity index (χ1n) is 7.60. The highest BCUT2D eigenvalue weighted by Gasteiger charge is 2.07. The first kappa shape index (κ1) is 18.4. The van der Waals surface area contributed by atoms with Gasteiger partial charge in [0.2, 0.25) is 0 Å². The van der Waals surface area contributed by atoms with Crippen LogP contribution in [0.2, 0.25) is 0 Å². The van der Waals surface area contributed by atoms with Gasteiger partial charge in [0.25, 0.3) is 0 Å². The zero-order valence-electron chi connectivity index (χ0n) is 14.2. The second kappa shape index (κ2) is 9.42. The topological polar surface area (TPSA) is 26.3 Å². The zero-order chi connectivity index (χ0) is 16.5. The van der Waals surface area contributed by atoms with E-state index in [0.717, 1.165) is 24.9 Å². The van der Waals surface area contributed by atoms with Gasteiger partial charge in [-0.05, 0) is 53.0 Å². The lowest BCUT2D eigenvalue weighted by Crippen LogP contribution is -2.12. The van der Waals surface area contributed by atoms with Crippen LogP contribution >= 0.6 is 11.3 Å². The molecular formula is C19H26O2S. The molecule has 0 N–H and O–H groups in total. The van der Waals surface area contributed by atoms with Crippen molar-refractivity contribution in [3.63, 3.8) is 0 Å². The number of ether oxygens (including phenoxy) is 1. The van der Waals surface area contributed by atoms with E-state index in [2.05, 4.69) is 45.9 Å². The fraction of sp³-hybridized carbons (Fsp3) is 0.421. The minimum atomic E-state index is -0.00376. The molecule has 1 rings (SSSR count). The van der Waals surface area contributed by atoms with Gasteiger partial charge in [-0.15, -0.1) is 11.3 Å². The molecule has 2 nitrogen and oxygen atoms in total. The molecule has 0 fully saturated rings. The Hall–Kier alpha value is -1.61. The van der Waals surface area contributed by atoms with Gasteiger partial charge < -0.3 is 4.74 Å². The minimum absolute atomic E-state index is 0.00376. The second-order valence-electron chi connectivity index (χ2n) is 5.81. The van der Waals surface area contributed by atoms with Gasteiger partial charge in [0.05, 0.1) is 4.88 Å². The lowest BCUT2D eigenvalue weighted by Gasteiger charge is -2.13. The average molecular weight is 318 g/mol. The summed E-state index contributed by atoms with van der Waals surface area (Å²) in [6, 6.07) is 1.78. The maximum Gasteiger partial charge on any atom is 0.160 e. The van der Waals surface area contributed by atoms with Gasteiger partial charge in [-0.2, -0.15) is 0 Å². The molecule has 0 aliphatic carbocycles. The number of hydrogen-bond acceptors (Lipinski definition) is 3. The largest absolute Gasteiger partial charge is 0.485 e. The third kappa shape index (κ3) is 6.90. The van der Waals surface area contributed by atoms with Gasteiger partial charge in [0, 0.05) is 11.4 Å². The summed E-state index contributed by atoms with van der Waals surface area (Å²) in [6.07, 6.45) is 9.57. The van der Waals surface area contributed by atoms with Crippen molar-refractivity contribution in [1.82, 2.24) is 0 Å². The Bertz CT molecular complexity index is 572. The fourth-order valence-electron chi connectivity index (χ4n) is 1.84. The predicted octanol–water partition coefficient (Wildman–Crippen LogP) is 5.97. The monoisotopic (exact) mass is 318 g/mol. The quantitative estimate of drug-likeness (QED) is 0.335. The molecule has 1 aromatic rings. The Morgan fingerprint density at radius 3 is 2.59 bits per heavy atom. The van der Waals surface area contributed by atoms with Crippen LogP contribution in [0.1, 0.15) is 57.1 Å². The summed E-state index contributed by atoms with van der Waals surface area (Å²) in [7, 11) is 0. The first-order valence-corrected chi connectivity index (χ1v) is 8.48. The third-order valence-electron chi connectivity index (χ3n) is 3.39. The second-order valence-corrected chi connectivity index (χ2v) is 6.75. The SMILES string of the molecule is CC(C)=CCC/C(C)=C/C=C(\C)C(C)Oc1csc(C=O)c1. The van der Waals surface area contributed by atoms with Crippen molar-refractivity contribution in [2.24, 2.45) is 0 Å². The van der Waals surface area contributed by atoms with E-state index in [1.807, 2.05) is 12.3 Å². The summed E-state index contributed by atoms with van der Waals surface area (Å²) in [5.74, 6) is 0.761. The van der Waals surface area contributed by atoms with Crippen molar-refractivity contribution in [1.29, 1.82) is 0 Å². The van der Waals surface area contributed by atoms with Gasteiger partial charge >= 0.3 is 0 Å². The van der Waals surface area contributed by atoms with E-state index in [-0.39, 0.29) is 6.10 Å². The van der Waals surface area contributed by atoms with Gasteiger partial charge in [0.15, 0.2) is 6.29 Å². The lowest BCUT2D eigenvalue weighted by atomic mass is 10.1. The lowest BCUT2D eigenvalue weighted by molar-refractivity contribution is 0.112. The number of hydrogen-bond donors (Lipinski definition) is 0. The van der Waals surface area contributed by atoms with Crippen molar-refractivity contribution in [2.75, 3.05) is 0 Å². The van der Waals surface area contributed by atoms with E-state index in [1.54, 1.807) is 6.07 Å². The molecule has 22 heavy (non-hydrogen) atoms. The molecule has 0 spiro atoms. The molecule has 1 heterocycles. The summed E-state index contributed by atoms with van der Waals surface area (Å²) in [5.41, 5.74) is 3.90. The van der Waals surface area contributed by atoms with Crippen molar-refractivity contribution in [3.8, 4) is 5.75 Å². The van der Waals surface area contributed by atoms with Crippen molar-refractivity contribution < 1.29 is 9.53 Å². The van der Waals surface area contributed by atoms with E-state index in [9.17, 15) is 4.79 Å². The molecule has 1 unspecified atom stereocenters. The van der Waals surface area contributed by atoms with Crippen LogP contribution in [0, 0.1) is 0 Å². The molecular weight excluding hydrogens is 292 g/mol. The molecule has 0 saturated heterocycles. The third-order valence-corrected chi connectivity index (χ3v) is 4.22. The maximum absolute atomic E-state index is 10.7. The summed E-state index contributed by atoms with van der Waals surface area (Å²) in [5, 5.41) is 1.87. The smallest absolute Gasteiger partial charge is 0.160 e. The highest BCUT2D eigenvalue weighted by atomic mass is 32.1. The summed E-state index contributed by atoms with van der Waals surface area (Å²) in [6.45, 7) is 10.5. The number of carbonyl (C=O) groups is 1. The summed E-state index contributed by atoms with van der Waals surface area (Å²) in [4.78, 5) is 11.4. The van der Waals surface area contributed by atoms with Crippen LogP contribution in [0.3, 0.4) is 0 Å². The normalized spacial score (nSPS) is 13.7. The molecule has 0 saturated carbocycles. The zero-order valence-corrected chi connectivity index (χ0v) is 15.0. The summed E-state index contributed by atoms with van der Waals surface area (Å²) < 4.78 is 5.85. The number of aldehydes is 1. The van der Waals surface area contributed by atoms with Gasteiger partial charge in [0.1, 0.15) is 11.9 Å². The highest BCUT2D eigenvalue weighted by molar-refractivity contribution is 7.11. The van der Waals surface area contributed by atoms with Crippen LogP contribution in [0.5, 0.6) is 5.75 Å². The number of allylic oxidation sites excluding steroid dienone is 5. The molecule has 0 radical (unpaired) electrons. The standard InChI is InChI=1S/C19H26O2S/c1-14(2)7-6-8-15(3)9-10-16(4)17(5)21-18-11-19(12-20)22-13-18/h7,9-13,17H,6,8H2,1-5H3/b15-9+,16-10+. The van der Waals surface area contributed by atoms with Crippen LogP contribution in [-0.4, -0.2) is 12.4 Å². The molecule has 0 aliphatic rings. The van der Waals surface area contributed by atoms with E-state index in [1.165, 1.54) is 28.1 Å². The molecule has 0 bridgehead atoms. The first-order chi connectivity index (χ1) is 10.4. The summed E-state index contributed by atoms with van der Waals surface area (Å²) >= 11 is 1.40. The fourth-order valence-corrected chi connectivity index (χ4v) is 2.45. The molecule has 120 valence electrons. The van der Waals surface area contributed by atoms with Crippen LogP contribution in [0.25, 0.3) is 0 Å². The Balaban J connectivity index is 2.55. The maximum atomic E-state index is 10.7. The molecule has 3 heteroatoms.